The van der Waals surface area contributed by atoms with Gasteiger partial charge in [0.25, 0.3) is 0 Å². The fourth-order valence-corrected chi connectivity index (χ4v) is 4.46. The Morgan fingerprint density at radius 1 is 1.06 bits per heavy atom. The first-order valence-corrected chi connectivity index (χ1v) is 11.4. The first-order chi connectivity index (χ1) is 15.3. The molecule has 1 aliphatic carbocycles. The third-order valence-corrected chi connectivity index (χ3v) is 6.04. The maximum atomic E-state index is 13.2. The lowest BCUT2D eigenvalue weighted by atomic mass is 9.66. The highest BCUT2D eigenvalue weighted by molar-refractivity contribution is 9.10. The lowest BCUT2D eigenvalue weighted by molar-refractivity contribution is -0.159. The molecule has 0 bridgehead atoms. The minimum atomic E-state index is -1.46. The van der Waals surface area contributed by atoms with Crippen molar-refractivity contribution in [1.29, 1.82) is 0 Å². The molecule has 3 atom stereocenters. The zero-order valence-corrected chi connectivity index (χ0v) is 20.0. The molecule has 170 valence electrons. The van der Waals surface area contributed by atoms with Gasteiger partial charge >= 0.3 is 11.9 Å². The number of esters is 2. The van der Waals surface area contributed by atoms with E-state index >= 15 is 0 Å². The van der Waals surface area contributed by atoms with Gasteiger partial charge in [0.1, 0.15) is 0 Å². The number of halogens is 1. The maximum Gasteiger partial charge on any atom is 0.336 e. The van der Waals surface area contributed by atoms with Gasteiger partial charge in [-0.15, -0.1) is 0 Å². The second-order valence-corrected chi connectivity index (χ2v) is 8.81. The fraction of sp³-hybridized carbons (Fsp3) is 0.360. The summed E-state index contributed by atoms with van der Waals surface area (Å²) >= 11 is 3.42. The summed E-state index contributed by atoms with van der Waals surface area (Å²) in [5.74, 6) is -2.78. The summed E-state index contributed by atoms with van der Waals surface area (Å²) in [6, 6.07) is 16.7. The Morgan fingerprint density at radius 2 is 1.69 bits per heavy atom. The van der Waals surface area contributed by atoms with E-state index in [4.69, 9.17) is 9.47 Å². The van der Waals surface area contributed by atoms with Crippen molar-refractivity contribution in [2.45, 2.75) is 38.7 Å². The molecule has 2 aromatic rings. The van der Waals surface area contributed by atoms with Crippen LogP contribution < -0.4 is 5.32 Å². The number of anilines is 1. The van der Waals surface area contributed by atoms with Gasteiger partial charge in [-0.2, -0.15) is 0 Å². The van der Waals surface area contributed by atoms with Gasteiger partial charge in [0.2, 0.25) is 0 Å². The topological polar surface area (TPSA) is 84.9 Å². The van der Waals surface area contributed by atoms with E-state index in [-0.39, 0.29) is 19.6 Å². The molecule has 3 rings (SSSR count). The van der Waals surface area contributed by atoms with E-state index in [1.807, 2.05) is 54.6 Å². The average Bonchev–Trinajstić information content (AvgIpc) is 2.75. The lowest BCUT2D eigenvalue weighted by Gasteiger charge is -2.43. The van der Waals surface area contributed by atoms with Crippen LogP contribution in [0.1, 0.15) is 38.7 Å². The molecule has 0 saturated carbocycles. The Balaban J connectivity index is 2.21. The highest BCUT2D eigenvalue weighted by atomic mass is 79.9. The van der Waals surface area contributed by atoms with E-state index in [9.17, 15) is 14.7 Å². The Labute approximate surface area is 196 Å². The summed E-state index contributed by atoms with van der Waals surface area (Å²) in [5, 5.41) is 14.7. The summed E-state index contributed by atoms with van der Waals surface area (Å²) in [6.45, 7) is 5.43. The van der Waals surface area contributed by atoms with Crippen LogP contribution in [0.15, 0.2) is 70.3 Å². The van der Waals surface area contributed by atoms with Crippen molar-refractivity contribution in [2.75, 3.05) is 18.5 Å². The number of rotatable bonds is 7. The third-order valence-electron chi connectivity index (χ3n) is 5.51. The molecule has 7 heteroatoms. The number of hydrogen-bond acceptors (Lipinski definition) is 6. The van der Waals surface area contributed by atoms with E-state index in [1.54, 1.807) is 20.8 Å². The summed E-state index contributed by atoms with van der Waals surface area (Å²) in [6.07, 6.45) is 0.0595. The molecule has 0 heterocycles. The lowest BCUT2D eigenvalue weighted by Crippen LogP contribution is -2.49. The molecule has 0 unspecified atom stereocenters. The molecular weight excluding hydrogens is 474 g/mol. The van der Waals surface area contributed by atoms with Crippen LogP contribution in [0.3, 0.4) is 0 Å². The molecule has 6 nitrogen and oxygen atoms in total. The Morgan fingerprint density at radius 3 is 2.28 bits per heavy atom. The SMILES string of the molecule is CCOC(=O)C1=C(Nc2ccc(Br)cc2)C[C@@](C)(O)[C@H](C(=O)OCC)[C@@H]1c1ccccc1. The summed E-state index contributed by atoms with van der Waals surface area (Å²) in [5.41, 5.74) is 0.863. The monoisotopic (exact) mass is 501 g/mol. The average molecular weight is 502 g/mol. The quantitative estimate of drug-likeness (QED) is 0.530. The summed E-state index contributed by atoms with van der Waals surface area (Å²) < 4.78 is 11.6. The maximum absolute atomic E-state index is 13.2. The van der Waals surface area contributed by atoms with Gasteiger partial charge in [-0.05, 0) is 50.6 Å². The molecule has 0 saturated heterocycles. The van der Waals surface area contributed by atoms with Crippen LogP contribution >= 0.6 is 15.9 Å². The van der Waals surface area contributed by atoms with Crippen molar-refractivity contribution in [3.63, 3.8) is 0 Å². The van der Waals surface area contributed by atoms with Crippen molar-refractivity contribution < 1.29 is 24.2 Å². The van der Waals surface area contributed by atoms with Crippen LogP contribution in [0.2, 0.25) is 0 Å². The van der Waals surface area contributed by atoms with Crippen molar-refractivity contribution in [3.8, 4) is 0 Å². The molecule has 0 amide bonds. The number of ether oxygens (including phenoxy) is 2. The van der Waals surface area contributed by atoms with E-state index in [1.165, 1.54) is 0 Å². The largest absolute Gasteiger partial charge is 0.466 e. The molecule has 0 fully saturated rings. The predicted octanol–water partition coefficient (Wildman–Crippen LogP) is 4.80. The van der Waals surface area contributed by atoms with Crippen LogP contribution in [0.5, 0.6) is 0 Å². The zero-order valence-electron chi connectivity index (χ0n) is 18.4. The standard InChI is InChI=1S/C25H28BrNO5/c1-4-31-23(28)21-19(27-18-13-11-17(26)12-14-18)15-25(3,30)22(24(29)32-5-2)20(21)16-9-7-6-8-10-16/h6-14,20,22,27,30H,4-5,15H2,1-3H3/t20-,22+,25-/m1/s1. The van der Waals surface area contributed by atoms with Crippen LogP contribution in [0.25, 0.3) is 0 Å². The van der Waals surface area contributed by atoms with E-state index in [0.29, 0.717) is 11.3 Å². The minimum absolute atomic E-state index is 0.0595. The third kappa shape index (κ3) is 5.22. The van der Waals surface area contributed by atoms with Gasteiger partial charge in [0.15, 0.2) is 0 Å². The van der Waals surface area contributed by atoms with Gasteiger partial charge in [-0.3, -0.25) is 4.79 Å². The number of aliphatic hydroxyl groups is 1. The molecule has 0 spiro atoms. The molecule has 2 aromatic carbocycles. The van der Waals surface area contributed by atoms with Crippen molar-refractivity contribution in [3.05, 3.63) is 75.9 Å². The molecule has 1 aliphatic rings. The fourth-order valence-electron chi connectivity index (χ4n) is 4.20. The molecule has 0 aliphatic heterocycles. The smallest absolute Gasteiger partial charge is 0.336 e. The minimum Gasteiger partial charge on any atom is -0.466 e. The van der Waals surface area contributed by atoms with E-state index in [2.05, 4.69) is 21.2 Å². The van der Waals surface area contributed by atoms with Gasteiger partial charge in [-0.1, -0.05) is 46.3 Å². The van der Waals surface area contributed by atoms with Crippen molar-refractivity contribution >= 4 is 33.6 Å². The van der Waals surface area contributed by atoms with Gasteiger partial charge < -0.3 is 19.9 Å². The molecule has 0 aromatic heterocycles. The van der Waals surface area contributed by atoms with Crippen LogP contribution in [-0.4, -0.2) is 35.9 Å². The van der Waals surface area contributed by atoms with E-state index < -0.39 is 29.4 Å². The van der Waals surface area contributed by atoms with Crippen LogP contribution in [0.4, 0.5) is 5.69 Å². The first kappa shape index (κ1) is 24.0. The predicted molar refractivity (Wildman–Crippen MR) is 126 cm³/mol. The van der Waals surface area contributed by atoms with Gasteiger partial charge in [0.05, 0.1) is 30.3 Å². The number of nitrogens with one attached hydrogen (secondary N) is 1. The van der Waals surface area contributed by atoms with Crippen molar-refractivity contribution in [1.82, 2.24) is 0 Å². The van der Waals surface area contributed by atoms with Gasteiger partial charge in [0, 0.05) is 28.2 Å². The second kappa shape index (κ2) is 10.3. The Hall–Kier alpha value is -2.64. The number of benzene rings is 2. The highest BCUT2D eigenvalue weighted by Gasteiger charge is 2.52. The van der Waals surface area contributed by atoms with Gasteiger partial charge in [-0.25, -0.2) is 4.79 Å². The molecule has 32 heavy (non-hydrogen) atoms. The van der Waals surface area contributed by atoms with E-state index in [0.717, 1.165) is 15.7 Å². The normalized spacial score (nSPS) is 22.9. The zero-order chi connectivity index (χ0) is 23.3. The first-order valence-electron chi connectivity index (χ1n) is 10.6. The highest BCUT2D eigenvalue weighted by Crippen LogP contribution is 2.48. The summed E-state index contributed by atoms with van der Waals surface area (Å²) in [4.78, 5) is 26.3. The molecular formula is C25H28BrNO5. The molecule has 0 radical (unpaired) electrons. The van der Waals surface area contributed by atoms with Crippen molar-refractivity contribution in [2.24, 2.45) is 5.92 Å². The number of hydrogen-bond donors (Lipinski definition) is 2. The summed E-state index contributed by atoms with van der Waals surface area (Å²) in [7, 11) is 0. The Kier molecular flexibility index (Phi) is 7.74. The Bertz CT molecular complexity index is 985. The second-order valence-electron chi connectivity index (χ2n) is 7.90. The number of carbonyl (C=O) groups is 2. The van der Waals surface area contributed by atoms with Crippen LogP contribution in [-0.2, 0) is 19.1 Å². The van der Waals surface area contributed by atoms with Crippen LogP contribution in [0, 0.1) is 5.92 Å². The number of carbonyl (C=O) groups excluding carboxylic acids is 2. The molecule has 2 N–H and O–H groups in total.